The van der Waals surface area contributed by atoms with Gasteiger partial charge < -0.3 is 10.2 Å². The SMILES string of the molecule is CCNCC(C)C(C)N1CCN(c2cccc(C)c2)CC1. The zero-order valence-corrected chi connectivity index (χ0v) is 14.1. The van der Waals surface area contributed by atoms with Crippen molar-refractivity contribution in [3.63, 3.8) is 0 Å². The second-order valence-corrected chi connectivity index (χ2v) is 6.39. The lowest BCUT2D eigenvalue weighted by molar-refractivity contribution is 0.151. The van der Waals surface area contributed by atoms with Crippen LogP contribution in [0.2, 0.25) is 0 Å². The van der Waals surface area contributed by atoms with E-state index in [0.717, 1.165) is 26.2 Å². The van der Waals surface area contributed by atoms with Crippen LogP contribution in [0.4, 0.5) is 5.69 Å². The normalized spacial score (nSPS) is 19.5. The summed E-state index contributed by atoms with van der Waals surface area (Å²) in [5, 5.41) is 3.47. The highest BCUT2D eigenvalue weighted by molar-refractivity contribution is 5.48. The monoisotopic (exact) mass is 289 g/mol. The molecule has 1 fully saturated rings. The molecule has 1 saturated heterocycles. The van der Waals surface area contributed by atoms with E-state index in [2.05, 4.69) is 67.1 Å². The molecule has 1 heterocycles. The van der Waals surface area contributed by atoms with Crippen LogP contribution in [-0.4, -0.2) is 50.2 Å². The van der Waals surface area contributed by atoms with E-state index < -0.39 is 0 Å². The Labute approximate surface area is 130 Å². The molecule has 0 saturated carbocycles. The molecular formula is C18H31N3. The molecule has 0 aromatic heterocycles. The highest BCUT2D eigenvalue weighted by Crippen LogP contribution is 2.20. The third-order valence-corrected chi connectivity index (χ3v) is 4.80. The Morgan fingerprint density at radius 1 is 1.14 bits per heavy atom. The summed E-state index contributed by atoms with van der Waals surface area (Å²) in [6, 6.07) is 9.53. The molecule has 2 atom stereocenters. The number of hydrogen-bond donors (Lipinski definition) is 1. The van der Waals surface area contributed by atoms with Crippen LogP contribution in [0.1, 0.15) is 26.3 Å². The number of anilines is 1. The fraction of sp³-hybridized carbons (Fsp3) is 0.667. The Morgan fingerprint density at radius 3 is 2.48 bits per heavy atom. The van der Waals surface area contributed by atoms with Gasteiger partial charge >= 0.3 is 0 Å². The molecule has 1 aliphatic rings. The highest BCUT2D eigenvalue weighted by Gasteiger charge is 2.24. The Balaban J connectivity index is 1.85. The van der Waals surface area contributed by atoms with E-state index in [0.29, 0.717) is 12.0 Å². The molecule has 3 nitrogen and oxygen atoms in total. The first-order chi connectivity index (χ1) is 10.1. The van der Waals surface area contributed by atoms with Gasteiger partial charge in [-0.15, -0.1) is 0 Å². The largest absolute Gasteiger partial charge is 0.369 e. The summed E-state index contributed by atoms with van der Waals surface area (Å²) < 4.78 is 0. The van der Waals surface area contributed by atoms with Crippen LogP contribution in [0.15, 0.2) is 24.3 Å². The molecule has 0 aliphatic carbocycles. The van der Waals surface area contributed by atoms with Gasteiger partial charge in [0.25, 0.3) is 0 Å². The van der Waals surface area contributed by atoms with E-state index in [-0.39, 0.29) is 0 Å². The fourth-order valence-electron chi connectivity index (χ4n) is 3.11. The predicted molar refractivity (Wildman–Crippen MR) is 92.1 cm³/mol. The second-order valence-electron chi connectivity index (χ2n) is 6.39. The Hall–Kier alpha value is -1.06. The van der Waals surface area contributed by atoms with Crippen molar-refractivity contribution in [3.05, 3.63) is 29.8 Å². The molecule has 2 unspecified atom stereocenters. The van der Waals surface area contributed by atoms with Crippen LogP contribution in [0, 0.1) is 12.8 Å². The van der Waals surface area contributed by atoms with Crippen molar-refractivity contribution in [2.45, 2.75) is 33.7 Å². The Morgan fingerprint density at radius 2 is 1.86 bits per heavy atom. The number of nitrogens with zero attached hydrogens (tertiary/aromatic N) is 2. The molecule has 0 spiro atoms. The van der Waals surface area contributed by atoms with Gasteiger partial charge in [0.1, 0.15) is 0 Å². The van der Waals surface area contributed by atoms with Crippen LogP contribution >= 0.6 is 0 Å². The number of aryl methyl sites for hydroxylation is 1. The van der Waals surface area contributed by atoms with Gasteiger partial charge in [-0.3, -0.25) is 4.90 Å². The molecule has 0 bridgehead atoms. The van der Waals surface area contributed by atoms with Crippen molar-refractivity contribution in [3.8, 4) is 0 Å². The molecule has 1 aromatic rings. The first kappa shape index (κ1) is 16.3. The fourth-order valence-corrected chi connectivity index (χ4v) is 3.11. The first-order valence-electron chi connectivity index (χ1n) is 8.38. The van der Waals surface area contributed by atoms with Crippen LogP contribution in [0.25, 0.3) is 0 Å². The molecule has 3 heteroatoms. The van der Waals surface area contributed by atoms with Crippen molar-refractivity contribution in [1.29, 1.82) is 0 Å². The second kappa shape index (κ2) is 7.81. The number of benzene rings is 1. The maximum absolute atomic E-state index is 3.47. The number of hydrogen-bond acceptors (Lipinski definition) is 3. The third kappa shape index (κ3) is 4.45. The minimum absolute atomic E-state index is 0.656. The molecule has 118 valence electrons. The van der Waals surface area contributed by atoms with E-state index in [4.69, 9.17) is 0 Å². The van der Waals surface area contributed by atoms with Crippen LogP contribution < -0.4 is 10.2 Å². The third-order valence-electron chi connectivity index (χ3n) is 4.80. The molecule has 2 rings (SSSR count). The topological polar surface area (TPSA) is 18.5 Å². The lowest BCUT2D eigenvalue weighted by Crippen LogP contribution is -2.52. The van der Waals surface area contributed by atoms with Crippen molar-refractivity contribution in [1.82, 2.24) is 10.2 Å². The summed E-state index contributed by atoms with van der Waals surface area (Å²) in [6.45, 7) is 15.9. The maximum atomic E-state index is 3.47. The van der Waals surface area contributed by atoms with Gasteiger partial charge in [-0.2, -0.15) is 0 Å². The number of nitrogens with one attached hydrogen (secondary N) is 1. The van der Waals surface area contributed by atoms with Crippen LogP contribution in [0.5, 0.6) is 0 Å². The standard InChI is InChI=1S/C18H31N3/c1-5-19-14-16(3)17(4)20-9-11-21(12-10-20)18-8-6-7-15(2)13-18/h6-8,13,16-17,19H,5,9-12,14H2,1-4H3. The number of rotatable bonds is 6. The molecule has 1 aromatic carbocycles. The zero-order chi connectivity index (χ0) is 15.2. The van der Waals surface area contributed by atoms with Crippen molar-refractivity contribution in [2.75, 3.05) is 44.2 Å². The van der Waals surface area contributed by atoms with Crippen molar-refractivity contribution in [2.24, 2.45) is 5.92 Å². The molecule has 1 aliphatic heterocycles. The summed E-state index contributed by atoms with van der Waals surface area (Å²) in [5.74, 6) is 0.704. The molecule has 0 amide bonds. The maximum Gasteiger partial charge on any atom is 0.0369 e. The molecular weight excluding hydrogens is 258 g/mol. The Bertz CT molecular complexity index is 424. The number of piperazine rings is 1. The van der Waals surface area contributed by atoms with Gasteiger partial charge in [0.2, 0.25) is 0 Å². The predicted octanol–water partition coefficient (Wildman–Crippen LogP) is 2.75. The quantitative estimate of drug-likeness (QED) is 0.869. The van der Waals surface area contributed by atoms with Gasteiger partial charge in [-0.25, -0.2) is 0 Å². The van der Waals surface area contributed by atoms with E-state index in [9.17, 15) is 0 Å². The average molecular weight is 289 g/mol. The van der Waals surface area contributed by atoms with Crippen LogP contribution in [0.3, 0.4) is 0 Å². The summed E-state index contributed by atoms with van der Waals surface area (Å²) in [4.78, 5) is 5.17. The van der Waals surface area contributed by atoms with Gasteiger partial charge in [0, 0.05) is 37.9 Å². The summed E-state index contributed by atoms with van der Waals surface area (Å²) in [5.41, 5.74) is 2.73. The minimum Gasteiger partial charge on any atom is -0.369 e. The van der Waals surface area contributed by atoms with Crippen molar-refractivity contribution >= 4 is 5.69 Å². The van der Waals surface area contributed by atoms with Crippen LogP contribution in [-0.2, 0) is 0 Å². The van der Waals surface area contributed by atoms with Gasteiger partial charge in [-0.1, -0.05) is 26.0 Å². The van der Waals surface area contributed by atoms with E-state index >= 15 is 0 Å². The zero-order valence-electron chi connectivity index (χ0n) is 14.1. The highest BCUT2D eigenvalue weighted by atomic mass is 15.3. The van der Waals surface area contributed by atoms with Gasteiger partial charge in [-0.05, 0) is 50.6 Å². The van der Waals surface area contributed by atoms with E-state index in [1.54, 1.807) is 0 Å². The lowest BCUT2D eigenvalue weighted by atomic mass is 10.0. The van der Waals surface area contributed by atoms with Gasteiger partial charge in [0.05, 0.1) is 0 Å². The van der Waals surface area contributed by atoms with Gasteiger partial charge in [0.15, 0.2) is 0 Å². The Kier molecular flexibility index (Phi) is 6.07. The average Bonchev–Trinajstić information content (AvgIpc) is 2.52. The van der Waals surface area contributed by atoms with E-state index in [1.165, 1.54) is 24.3 Å². The van der Waals surface area contributed by atoms with Crippen molar-refractivity contribution < 1.29 is 0 Å². The smallest absolute Gasteiger partial charge is 0.0369 e. The first-order valence-corrected chi connectivity index (χ1v) is 8.38. The van der Waals surface area contributed by atoms with E-state index in [1.807, 2.05) is 0 Å². The molecule has 21 heavy (non-hydrogen) atoms. The minimum atomic E-state index is 0.656. The summed E-state index contributed by atoms with van der Waals surface area (Å²) in [7, 11) is 0. The summed E-state index contributed by atoms with van der Waals surface area (Å²) >= 11 is 0. The lowest BCUT2D eigenvalue weighted by Gasteiger charge is -2.41. The summed E-state index contributed by atoms with van der Waals surface area (Å²) in [6.07, 6.45) is 0. The molecule has 1 N–H and O–H groups in total. The molecule has 0 radical (unpaired) electrons.